The van der Waals surface area contributed by atoms with Crippen LogP contribution in [0.25, 0.3) is 0 Å². The van der Waals surface area contributed by atoms with E-state index in [0.717, 1.165) is 13.1 Å². The van der Waals surface area contributed by atoms with E-state index in [1.54, 1.807) is 0 Å². The molecule has 1 aliphatic rings. The van der Waals surface area contributed by atoms with Gasteiger partial charge in [-0.25, -0.2) is 8.42 Å². The van der Waals surface area contributed by atoms with Gasteiger partial charge >= 0.3 is 0 Å². The van der Waals surface area contributed by atoms with Crippen LogP contribution in [0.4, 0.5) is 0 Å². The molecule has 0 N–H and O–H groups in total. The zero-order valence-electron chi connectivity index (χ0n) is 12.1. The normalized spacial score (nSPS) is 25.3. The standard InChI is InChI=1S/C14H27NO2S/c1-5-15(9-10-18(4,16)17)11-14-12(2)7-6-8-13(14)3/h7,13-14H,5-6,8-11H2,1-4H3/t13-,14+/m1/s1. The molecule has 1 rings (SSSR count). The Balaban J connectivity index is 2.56. The summed E-state index contributed by atoms with van der Waals surface area (Å²) in [6, 6.07) is 0. The Morgan fingerprint density at radius 1 is 1.44 bits per heavy atom. The van der Waals surface area contributed by atoms with Gasteiger partial charge in [-0.3, -0.25) is 0 Å². The second-order valence-corrected chi connectivity index (χ2v) is 7.89. The van der Waals surface area contributed by atoms with Gasteiger partial charge in [0.25, 0.3) is 0 Å². The maximum Gasteiger partial charge on any atom is 0.148 e. The first-order chi connectivity index (χ1) is 8.33. The molecular formula is C14H27NO2S. The summed E-state index contributed by atoms with van der Waals surface area (Å²) >= 11 is 0. The smallest absolute Gasteiger partial charge is 0.148 e. The van der Waals surface area contributed by atoms with Crippen LogP contribution in [0.2, 0.25) is 0 Å². The van der Waals surface area contributed by atoms with E-state index < -0.39 is 9.84 Å². The first-order valence-corrected chi connectivity index (χ1v) is 8.96. The van der Waals surface area contributed by atoms with E-state index in [1.165, 1.54) is 24.7 Å². The lowest BCUT2D eigenvalue weighted by molar-refractivity contribution is 0.222. The van der Waals surface area contributed by atoms with Crippen LogP contribution < -0.4 is 0 Å². The molecule has 0 amide bonds. The van der Waals surface area contributed by atoms with Crippen molar-refractivity contribution in [2.75, 3.05) is 31.6 Å². The molecule has 0 saturated heterocycles. The molecule has 106 valence electrons. The monoisotopic (exact) mass is 273 g/mol. The zero-order chi connectivity index (χ0) is 13.8. The molecule has 0 fully saturated rings. The van der Waals surface area contributed by atoms with Crippen LogP contribution in [0.5, 0.6) is 0 Å². The van der Waals surface area contributed by atoms with Gasteiger partial charge in [-0.15, -0.1) is 0 Å². The minimum atomic E-state index is -2.85. The highest BCUT2D eigenvalue weighted by molar-refractivity contribution is 7.90. The lowest BCUT2D eigenvalue weighted by atomic mass is 9.80. The molecule has 0 heterocycles. The van der Waals surface area contributed by atoms with Crippen molar-refractivity contribution in [3.63, 3.8) is 0 Å². The first-order valence-electron chi connectivity index (χ1n) is 6.90. The second-order valence-electron chi connectivity index (χ2n) is 5.63. The summed E-state index contributed by atoms with van der Waals surface area (Å²) in [6.07, 6.45) is 6.11. The maximum atomic E-state index is 11.2. The van der Waals surface area contributed by atoms with E-state index >= 15 is 0 Å². The average molecular weight is 273 g/mol. The molecule has 0 radical (unpaired) electrons. The van der Waals surface area contributed by atoms with Gasteiger partial charge in [0.1, 0.15) is 9.84 Å². The fourth-order valence-corrected chi connectivity index (χ4v) is 3.24. The van der Waals surface area contributed by atoms with E-state index in [9.17, 15) is 8.42 Å². The van der Waals surface area contributed by atoms with E-state index in [4.69, 9.17) is 0 Å². The quantitative estimate of drug-likeness (QED) is 0.697. The van der Waals surface area contributed by atoms with Crippen molar-refractivity contribution in [1.82, 2.24) is 4.90 Å². The number of hydrogen-bond donors (Lipinski definition) is 0. The van der Waals surface area contributed by atoms with Crippen molar-refractivity contribution in [2.24, 2.45) is 11.8 Å². The first kappa shape index (κ1) is 15.7. The highest BCUT2D eigenvalue weighted by atomic mass is 32.2. The van der Waals surface area contributed by atoms with E-state index in [-0.39, 0.29) is 5.75 Å². The summed E-state index contributed by atoms with van der Waals surface area (Å²) in [5.41, 5.74) is 1.48. The highest BCUT2D eigenvalue weighted by Gasteiger charge is 2.24. The molecule has 18 heavy (non-hydrogen) atoms. The van der Waals surface area contributed by atoms with E-state index in [0.29, 0.717) is 18.4 Å². The van der Waals surface area contributed by atoms with Gasteiger partial charge < -0.3 is 4.90 Å². The number of hydrogen-bond acceptors (Lipinski definition) is 3. The van der Waals surface area contributed by atoms with Crippen LogP contribution in [-0.2, 0) is 9.84 Å². The van der Waals surface area contributed by atoms with Gasteiger partial charge in [-0.2, -0.15) is 0 Å². The fraction of sp³-hybridized carbons (Fsp3) is 0.857. The van der Waals surface area contributed by atoms with Gasteiger partial charge in [-0.1, -0.05) is 25.5 Å². The Morgan fingerprint density at radius 3 is 2.61 bits per heavy atom. The molecule has 0 aromatic carbocycles. The van der Waals surface area contributed by atoms with Crippen molar-refractivity contribution in [1.29, 1.82) is 0 Å². The predicted octanol–water partition coefficient (Wildman–Crippen LogP) is 2.35. The number of rotatable bonds is 6. The summed E-state index contributed by atoms with van der Waals surface area (Å²) in [5.74, 6) is 1.57. The summed E-state index contributed by atoms with van der Waals surface area (Å²) < 4.78 is 22.5. The Kier molecular flexibility index (Phi) is 5.86. The SMILES string of the molecule is CCN(CCS(C)(=O)=O)C[C@H]1C(C)=CCC[C@H]1C. The minimum Gasteiger partial charge on any atom is -0.302 e. The average Bonchev–Trinajstić information content (AvgIpc) is 2.26. The minimum absolute atomic E-state index is 0.269. The number of allylic oxidation sites excluding steroid dienone is 1. The van der Waals surface area contributed by atoms with Gasteiger partial charge in [-0.05, 0) is 38.1 Å². The largest absolute Gasteiger partial charge is 0.302 e. The van der Waals surface area contributed by atoms with Gasteiger partial charge in [0.05, 0.1) is 5.75 Å². The van der Waals surface area contributed by atoms with Crippen LogP contribution in [0, 0.1) is 11.8 Å². The maximum absolute atomic E-state index is 11.2. The Bertz CT molecular complexity index is 387. The third kappa shape index (κ3) is 5.11. The summed E-state index contributed by atoms with van der Waals surface area (Å²) in [6.45, 7) is 9.21. The lowest BCUT2D eigenvalue weighted by Gasteiger charge is -2.33. The van der Waals surface area contributed by atoms with Gasteiger partial charge in [0.2, 0.25) is 0 Å². The number of nitrogens with zero attached hydrogens (tertiary/aromatic N) is 1. The van der Waals surface area contributed by atoms with Crippen molar-refractivity contribution < 1.29 is 8.42 Å². The van der Waals surface area contributed by atoms with Crippen LogP contribution >= 0.6 is 0 Å². The van der Waals surface area contributed by atoms with Crippen molar-refractivity contribution >= 4 is 9.84 Å². The van der Waals surface area contributed by atoms with Gasteiger partial charge in [0.15, 0.2) is 0 Å². The summed E-state index contributed by atoms with van der Waals surface area (Å²) in [7, 11) is -2.85. The van der Waals surface area contributed by atoms with Crippen LogP contribution in [-0.4, -0.2) is 45.0 Å². The Hall–Kier alpha value is -0.350. The van der Waals surface area contributed by atoms with Crippen molar-refractivity contribution in [2.45, 2.75) is 33.6 Å². The van der Waals surface area contributed by atoms with Crippen LogP contribution in [0.15, 0.2) is 11.6 Å². The molecule has 0 aromatic rings. The molecule has 0 bridgehead atoms. The second kappa shape index (κ2) is 6.71. The zero-order valence-corrected chi connectivity index (χ0v) is 13.0. The fourth-order valence-electron chi connectivity index (χ4n) is 2.65. The predicted molar refractivity (Wildman–Crippen MR) is 77.5 cm³/mol. The summed E-state index contributed by atoms with van der Waals surface area (Å²) in [5, 5.41) is 0. The van der Waals surface area contributed by atoms with E-state index in [1.807, 2.05) is 0 Å². The lowest BCUT2D eigenvalue weighted by Crippen LogP contribution is -2.36. The van der Waals surface area contributed by atoms with Gasteiger partial charge in [0, 0.05) is 19.3 Å². The van der Waals surface area contributed by atoms with Crippen LogP contribution in [0.3, 0.4) is 0 Å². The Morgan fingerprint density at radius 2 is 2.11 bits per heavy atom. The van der Waals surface area contributed by atoms with Crippen molar-refractivity contribution in [3.8, 4) is 0 Å². The summed E-state index contributed by atoms with van der Waals surface area (Å²) in [4.78, 5) is 2.27. The molecule has 0 saturated carbocycles. The third-order valence-electron chi connectivity index (χ3n) is 4.04. The van der Waals surface area contributed by atoms with E-state index in [2.05, 4.69) is 31.7 Å². The molecule has 1 aliphatic carbocycles. The number of sulfone groups is 1. The topological polar surface area (TPSA) is 37.4 Å². The van der Waals surface area contributed by atoms with Crippen LogP contribution in [0.1, 0.15) is 33.6 Å². The molecule has 0 aliphatic heterocycles. The molecule has 3 nitrogen and oxygen atoms in total. The van der Waals surface area contributed by atoms with Crippen molar-refractivity contribution in [3.05, 3.63) is 11.6 Å². The molecule has 0 unspecified atom stereocenters. The molecule has 4 heteroatoms. The molecule has 2 atom stereocenters. The third-order valence-corrected chi connectivity index (χ3v) is 4.96. The molecule has 0 aromatic heterocycles. The Labute approximate surface area is 112 Å². The highest BCUT2D eigenvalue weighted by Crippen LogP contribution is 2.30. The molecular weight excluding hydrogens is 246 g/mol. The molecule has 0 spiro atoms.